The normalized spacial score (nSPS) is 11.9. The van der Waals surface area contributed by atoms with Crippen LogP contribution in [0, 0.1) is 0 Å². The van der Waals surface area contributed by atoms with Gasteiger partial charge in [0.1, 0.15) is 11.6 Å². The standard InChI is InChI=1S/C16H14ClF3N4/c1-23(15-11(17)7-10(8-21-15)16(18,19)20)9-14-22-12-5-3-4-6-13(12)24(14)2/h3-8H,9H2,1-2H3. The predicted molar refractivity (Wildman–Crippen MR) is 87.1 cm³/mol. The Hall–Kier alpha value is -2.28. The SMILES string of the molecule is CN(Cc1nc2ccccc2n1C)c1ncc(C(F)(F)F)cc1Cl. The van der Waals surface area contributed by atoms with Crippen molar-refractivity contribution < 1.29 is 13.2 Å². The molecule has 0 atom stereocenters. The van der Waals surface area contributed by atoms with Crippen LogP contribution < -0.4 is 4.90 Å². The van der Waals surface area contributed by atoms with Gasteiger partial charge in [0.25, 0.3) is 0 Å². The summed E-state index contributed by atoms with van der Waals surface area (Å²) in [4.78, 5) is 10.1. The summed E-state index contributed by atoms with van der Waals surface area (Å²) in [7, 11) is 3.60. The van der Waals surface area contributed by atoms with Crippen LogP contribution in [0.25, 0.3) is 11.0 Å². The topological polar surface area (TPSA) is 34.0 Å². The second-order valence-electron chi connectivity index (χ2n) is 5.46. The first-order valence-corrected chi connectivity index (χ1v) is 7.49. The molecule has 0 amide bonds. The molecule has 1 aromatic carbocycles. The highest BCUT2D eigenvalue weighted by atomic mass is 35.5. The molecule has 3 aromatic rings. The molecule has 2 heterocycles. The summed E-state index contributed by atoms with van der Waals surface area (Å²) in [5.74, 6) is 1.04. The van der Waals surface area contributed by atoms with E-state index in [0.29, 0.717) is 6.54 Å². The van der Waals surface area contributed by atoms with Crippen LogP contribution in [0.4, 0.5) is 19.0 Å². The van der Waals surface area contributed by atoms with E-state index in [0.717, 1.165) is 29.1 Å². The first-order valence-electron chi connectivity index (χ1n) is 7.11. The highest BCUT2D eigenvalue weighted by Crippen LogP contribution is 2.33. The fourth-order valence-electron chi connectivity index (χ4n) is 2.49. The minimum atomic E-state index is -4.47. The predicted octanol–water partition coefficient (Wildman–Crippen LogP) is 4.28. The maximum Gasteiger partial charge on any atom is 0.417 e. The number of nitrogens with zero attached hydrogens (tertiary/aromatic N) is 4. The first kappa shape index (κ1) is 16.6. The van der Waals surface area contributed by atoms with Crippen molar-refractivity contribution in [2.75, 3.05) is 11.9 Å². The molecule has 126 valence electrons. The monoisotopic (exact) mass is 354 g/mol. The summed E-state index contributed by atoms with van der Waals surface area (Å²) in [6.07, 6.45) is -3.68. The Morgan fingerprint density at radius 2 is 1.96 bits per heavy atom. The number of anilines is 1. The molecule has 8 heteroatoms. The smallest absolute Gasteiger partial charge is 0.351 e. The molecule has 0 aliphatic heterocycles. The second kappa shape index (κ2) is 5.98. The fourth-order valence-corrected chi connectivity index (χ4v) is 2.80. The van der Waals surface area contributed by atoms with Gasteiger partial charge in [0.05, 0.1) is 28.2 Å². The molecule has 24 heavy (non-hydrogen) atoms. The average Bonchev–Trinajstić information content (AvgIpc) is 2.83. The molecule has 0 fully saturated rings. The molecule has 0 unspecified atom stereocenters. The molecule has 0 spiro atoms. The zero-order valence-corrected chi connectivity index (χ0v) is 13.7. The lowest BCUT2D eigenvalue weighted by Gasteiger charge is -2.19. The second-order valence-corrected chi connectivity index (χ2v) is 5.87. The van der Waals surface area contributed by atoms with Crippen molar-refractivity contribution in [3.8, 4) is 0 Å². The minimum Gasteiger partial charge on any atom is -0.351 e. The number of imidazole rings is 1. The Labute approximate surface area is 141 Å². The molecule has 2 aromatic heterocycles. The highest BCUT2D eigenvalue weighted by molar-refractivity contribution is 6.33. The van der Waals surface area contributed by atoms with Gasteiger partial charge in [-0.3, -0.25) is 0 Å². The lowest BCUT2D eigenvalue weighted by Crippen LogP contribution is -2.21. The Morgan fingerprint density at radius 1 is 1.25 bits per heavy atom. The van der Waals surface area contributed by atoms with E-state index in [-0.39, 0.29) is 10.8 Å². The maximum atomic E-state index is 12.7. The van der Waals surface area contributed by atoms with Gasteiger partial charge in [-0.25, -0.2) is 9.97 Å². The van der Waals surface area contributed by atoms with Gasteiger partial charge in [-0.15, -0.1) is 0 Å². The molecule has 0 N–H and O–H groups in total. The van der Waals surface area contributed by atoms with E-state index in [1.807, 2.05) is 35.9 Å². The van der Waals surface area contributed by atoms with E-state index in [1.165, 1.54) is 0 Å². The van der Waals surface area contributed by atoms with Gasteiger partial charge in [0.15, 0.2) is 0 Å². The average molecular weight is 355 g/mol. The van der Waals surface area contributed by atoms with Gasteiger partial charge in [-0.05, 0) is 18.2 Å². The van der Waals surface area contributed by atoms with Crippen LogP contribution in [0.5, 0.6) is 0 Å². The van der Waals surface area contributed by atoms with Crippen molar-refractivity contribution in [2.24, 2.45) is 7.05 Å². The Bertz CT molecular complexity index is 889. The number of benzene rings is 1. The van der Waals surface area contributed by atoms with Crippen LogP contribution in [-0.2, 0) is 19.8 Å². The van der Waals surface area contributed by atoms with Crippen LogP contribution in [-0.4, -0.2) is 21.6 Å². The third kappa shape index (κ3) is 3.03. The Morgan fingerprint density at radius 3 is 2.58 bits per heavy atom. The number of alkyl halides is 3. The summed E-state index contributed by atoms with van der Waals surface area (Å²) in [6.45, 7) is 0.364. The number of fused-ring (bicyclic) bond motifs is 1. The van der Waals surface area contributed by atoms with Gasteiger partial charge in [0.2, 0.25) is 0 Å². The van der Waals surface area contributed by atoms with Gasteiger partial charge < -0.3 is 9.47 Å². The first-order chi connectivity index (χ1) is 11.3. The van der Waals surface area contributed by atoms with Crippen LogP contribution in [0.2, 0.25) is 5.02 Å². The molecule has 0 radical (unpaired) electrons. The molecular weight excluding hydrogens is 341 g/mol. The van der Waals surface area contributed by atoms with Crippen molar-refractivity contribution >= 4 is 28.5 Å². The number of hydrogen-bond donors (Lipinski definition) is 0. The van der Waals surface area contributed by atoms with Crippen molar-refractivity contribution in [3.63, 3.8) is 0 Å². The molecule has 0 saturated carbocycles. The fraction of sp³-hybridized carbons (Fsp3) is 0.250. The molecule has 0 saturated heterocycles. The van der Waals surface area contributed by atoms with Crippen LogP contribution in [0.3, 0.4) is 0 Å². The molecule has 0 aliphatic carbocycles. The van der Waals surface area contributed by atoms with E-state index in [9.17, 15) is 13.2 Å². The van der Waals surface area contributed by atoms with Gasteiger partial charge in [-0.1, -0.05) is 23.7 Å². The summed E-state index contributed by atoms with van der Waals surface area (Å²) in [6, 6.07) is 8.57. The number of aromatic nitrogens is 3. The molecule has 0 bridgehead atoms. The highest BCUT2D eigenvalue weighted by Gasteiger charge is 2.32. The largest absolute Gasteiger partial charge is 0.417 e. The summed E-state index contributed by atoms with van der Waals surface area (Å²) >= 11 is 5.98. The van der Waals surface area contributed by atoms with Gasteiger partial charge >= 0.3 is 6.18 Å². The van der Waals surface area contributed by atoms with Crippen molar-refractivity contribution in [1.29, 1.82) is 0 Å². The van der Waals surface area contributed by atoms with Gasteiger partial charge in [0, 0.05) is 20.3 Å². The van der Waals surface area contributed by atoms with Crippen molar-refractivity contribution in [3.05, 3.63) is 52.9 Å². The van der Waals surface area contributed by atoms with E-state index < -0.39 is 11.7 Å². The van der Waals surface area contributed by atoms with E-state index in [1.54, 1.807) is 11.9 Å². The van der Waals surface area contributed by atoms with Crippen LogP contribution >= 0.6 is 11.6 Å². The lowest BCUT2D eigenvalue weighted by atomic mass is 10.2. The van der Waals surface area contributed by atoms with Crippen LogP contribution in [0.1, 0.15) is 11.4 Å². The number of aryl methyl sites for hydroxylation is 1. The molecule has 4 nitrogen and oxygen atoms in total. The maximum absolute atomic E-state index is 12.7. The van der Waals surface area contributed by atoms with Crippen LogP contribution in [0.15, 0.2) is 36.5 Å². The van der Waals surface area contributed by atoms with E-state index in [4.69, 9.17) is 11.6 Å². The molecule has 3 rings (SSSR count). The number of rotatable bonds is 3. The van der Waals surface area contributed by atoms with E-state index in [2.05, 4.69) is 9.97 Å². The quantitative estimate of drug-likeness (QED) is 0.704. The number of para-hydroxylation sites is 2. The minimum absolute atomic E-state index is 0.0499. The number of pyridine rings is 1. The number of halogens is 4. The van der Waals surface area contributed by atoms with Crippen molar-refractivity contribution in [2.45, 2.75) is 12.7 Å². The lowest BCUT2D eigenvalue weighted by molar-refractivity contribution is -0.137. The Balaban J connectivity index is 1.89. The summed E-state index contributed by atoms with van der Waals surface area (Å²) in [5, 5.41) is -0.0499. The summed E-state index contributed by atoms with van der Waals surface area (Å²) in [5.41, 5.74) is 0.967. The Kier molecular flexibility index (Phi) is 4.13. The summed E-state index contributed by atoms with van der Waals surface area (Å²) < 4.78 is 40.0. The zero-order valence-electron chi connectivity index (χ0n) is 13.0. The molecule has 0 aliphatic rings. The zero-order chi connectivity index (χ0) is 17.5. The van der Waals surface area contributed by atoms with Crippen molar-refractivity contribution in [1.82, 2.24) is 14.5 Å². The third-order valence-corrected chi connectivity index (χ3v) is 4.05. The number of hydrogen-bond acceptors (Lipinski definition) is 3. The molecular formula is C16H14ClF3N4. The van der Waals surface area contributed by atoms with Gasteiger partial charge in [-0.2, -0.15) is 13.2 Å². The van der Waals surface area contributed by atoms with E-state index >= 15 is 0 Å². The third-order valence-electron chi connectivity index (χ3n) is 3.77.